The molecule has 0 N–H and O–H groups in total. The van der Waals surface area contributed by atoms with E-state index in [1.807, 2.05) is 6.07 Å². The van der Waals surface area contributed by atoms with E-state index < -0.39 is 0 Å². The molecule has 0 saturated carbocycles. The Morgan fingerprint density at radius 2 is 1.52 bits per heavy atom. The molecule has 0 aliphatic heterocycles. The van der Waals surface area contributed by atoms with Crippen LogP contribution < -0.4 is 0 Å². The maximum atomic E-state index is 12.3. The summed E-state index contributed by atoms with van der Waals surface area (Å²) in [6.07, 6.45) is 1.50. The number of aryl methyl sites for hydroxylation is 3. The van der Waals surface area contributed by atoms with E-state index in [4.69, 9.17) is 0 Å². The smallest absolute Gasteiger partial charge is 0.163 e. The average Bonchev–Trinajstić information content (AvgIpc) is 2.87. The SMILES string of the molecule is Cc1cc(C)c(-c2c3c(cc4ccccc24)C(=O)CC3)c(C)c1. The number of fused-ring (bicyclic) bond motifs is 2. The van der Waals surface area contributed by atoms with Crippen molar-refractivity contribution in [1.82, 2.24) is 0 Å². The molecule has 0 unspecified atom stereocenters. The molecular formula is C22H20O. The molecule has 0 heterocycles. The minimum atomic E-state index is 0.287. The number of carbonyl (C=O) groups is 1. The van der Waals surface area contributed by atoms with E-state index in [2.05, 4.69) is 57.2 Å². The van der Waals surface area contributed by atoms with E-state index in [-0.39, 0.29) is 5.78 Å². The second-order valence-corrected chi connectivity index (χ2v) is 6.70. The maximum absolute atomic E-state index is 12.3. The van der Waals surface area contributed by atoms with Gasteiger partial charge in [0.05, 0.1) is 0 Å². The van der Waals surface area contributed by atoms with Crippen LogP contribution in [0.5, 0.6) is 0 Å². The highest BCUT2D eigenvalue weighted by Crippen LogP contribution is 2.41. The van der Waals surface area contributed by atoms with Gasteiger partial charge in [-0.2, -0.15) is 0 Å². The minimum absolute atomic E-state index is 0.287. The molecular weight excluding hydrogens is 280 g/mol. The second-order valence-electron chi connectivity index (χ2n) is 6.70. The molecule has 3 aromatic carbocycles. The topological polar surface area (TPSA) is 17.1 Å². The molecule has 0 saturated heterocycles. The summed E-state index contributed by atoms with van der Waals surface area (Å²) in [6.45, 7) is 6.50. The monoisotopic (exact) mass is 300 g/mol. The van der Waals surface area contributed by atoms with Crippen LogP contribution in [0.15, 0.2) is 42.5 Å². The van der Waals surface area contributed by atoms with Gasteiger partial charge >= 0.3 is 0 Å². The third kappa shape index (κ3) is 2.11. The van der Waals surface area contributed by atoms with Crippen molar-refractivity contribution in [3.05, 3.63) is 70.3 Å². The summed E-state index contributed by atoms with van der Waals surface area (Å²) in [7, 11) is 0. The Bertz CT molecular complexity index is 940. The lowest BCUT2D eigenvalue weighted by molar-refractivity contribution is 0.0994. The highest BCUT2D eigenvalue weighted by Gasteiger charge is 2.26. The fourth-order valence-electron chi connectivity index (χ4n) is 4.13. The number of carbonyl (C=O) groups excluding carboxylic acids is 1. The Kier molecular flexibility index (Phi) is 3.12. The summed E-state index contributed by atoms with van der Waals surface area (Å²) < 4.78 is 0. The maximum Gasteiger partial charge on any atom is 0.163 e. The molecule has 0 bridgehead atoms. The molecule has 1 nitrogen and oxygen atoms in total. The van der Waals surface area contributed by atoms with Crippen LogP contribution in [0, 0.1) is 20.8 Å². The fraction of sp³-hybridized carbons (Fsp3) is 0.227. The van der Waals surface area contributed by atoms with Crippen LogP contribution in [0.3, 0.4) is 0 Å². The number of hydrogen-bond acceptors (Lipinski definition) is 1. The molecule has 0 spiro atoms. The van der Waals surface area contributed by atoms with Gasteiger partial charge in [0.1, 0.15) is 0 Å². The quantitative estimate of drug-likeness (QED) is 0.575. The van der Waals surface area contributed by atoms with E-state index in [1.165, 1.54) is 38.8 Å². The zero-order valence-corrected chi connectivity index (χ0v) is 13.9. The summed E-state index contributed by atoms with van der Waals surface area (Å²) in [6, 6.07) is 15.0. The molecule has 0 atom stereocenters. The minimum Gasteiger partial charge on any atom is -0.294 e. The molecule has 4 rings (SSSR count). The first-order valence-corrected chi connectivity index (χ1v) is 8.22. The van der Waals surface area contributed by atoms with Crippen LogP contribution in [0.2, 0.25) is 0 Å². The molecule has 1 aliphatic rings. The lowest BCUT2D eigenvalue weighted by atomic mass is 9.86. The Labute approximate surface area is 137 Å². The Morgan fingerprint density at radius 1 is 0.826 bits per heavy atom. The highest BCUT2D eigenvalue weighted by atomic mass is 16.1. The number of ketones is 1. The first-order valence-electron chi connectivity index (χ1n) is 8.22. The van der Waals surface area contributed by atoms with Gasteiger partial charge in [-0.15, -0.1) is 0 Å². The van der Waals surface area contributed by atoms with E-state index in [0.717, 1.165) is 17.4 Å². The normalized spacial score (nSPS) is 13.6. The Morgan fingerprint density at radius 3 is 2.26 bits per heavy atom. The van der Waals surface area contributed by atoms with Crippen LogP contribution in [0.1, 0.15) is 39.0 Å². The van der Waals surface area contributed by atoms with Crippen LogP contribution in [0.25, 0.3) is 21.9 Å². The standard InChI is InChI=1S/C22H20O/c1-13-10-14(2)21(15(3)11-13)22-17-7-5-4-6-16(17)12-19-18(22)8-9-20(19)23/h4-7,10-12H,8-9H2,1-3H3. The number of benzene rings is 3. The van der Waals surface area contributed by atoms with E-state index in [0.29, 0.717) is 6.42 Å². The van der Waals surface area contributed by atoms with Crippen molar-refractivity contribution in [2.45, 2.75) is 33.6 Å². The average molecular weight is 300 g/mol. The van der Waals surface area contributed by atoms with Crippen LogP contribution in [0.4, 0.5) is 0 Å². The zero-order valence-electron chi connectivity index (χ0n) is 13.9. The van der Waals surface area contributed by atoms with Gasteiger partial charge in [0.2, 0.25) is 0 Å². The van der Waals surface area contributed by atoms with Gasteiger partial charge in [0, 0.05) is 12.0 Å². The van der Waals surface area contributed by atoms with Gasteiger partial charge in [0.25, 0.3) is 0 Å². The highest BCUT2D eigenvalue weighted by molar-refractivity contribution is 6.10. The summed E-state index contributed by atoms with van der Waals surface area (Å²) >= 11 is 0. The third-order valence-electron chi connectivity index (χ3n) is 4.99. The van der Waals surface area contributed by atoms with Gasteiger partial charge < -0.3 is 0 Å². The van der Waals surface area contributed by atoms with Crippen molar-refractivity contribution in [2.75, 3.05) is 0 Å². The molecule has 1 heteroatoms. The number of rotatable bonds is 1. The predicted molar refractivity (Wildman–Crippen MR) is 96.2 cm³/mol. The fourth-order valence-corrected chi connectivity index (χ4v) is 4.13. The van der Waals surface area contributed by atoms with Crippen molar-refractivity contribution in [2.24, 2.45) is 0 Å². The van der Waals surface area contributed by atoms with E-state index >= 15 is 0 Å². The van der Waals surface area contributed by atoms with Gasteiger partial charge in [0.15, 0.2) is 5.78 Å². The molecule has 0 aromatic heterocycles. The lowest BCUT2D eigenvalue weighted by Crippen LogP contribution is -1.98. The molecule has 23 heavy (non-hydrogen) atoms. The van der Waals surface area contributed by atoms with E-state index in [9.17, 15) is 4.79 Å². The van der Waals surface area contributed by atoms with Gasteiger partial charge in [-0.25, -0.2) is 0 Å². The van der Waals surface area contributed by atoms with Crippen LogP contribution in [-0.2, 0) is 6.42 Å². The summed E-state index contributed by atoms with van der Waals surface area (Å²) in [4.78, 5) is 12.3. The van der Waals surface area contributed by atoms with Crippen LogP contribution >= 0.6 is 0 Å². The summed E-state index contributed by atoms with van der Waals surface area (Å²) in [5, 5.41) is 2.42. The Balaban J connectivity index is 2.18. The van der Waals surface area contributed by atoms with Gasteiger partial charge in [-0.3, -0.25) is 4.79 Å². The first-order chi connectivity index (χ1) is 11.1. The van der Waals surface area contributed by atoms with Crippen molar-refractivity contribution >= 4 is 16.6 Å². The van der Waals surface area contributed by atoms with Crippen LogP contribution in [-0.4, -0.2) is 5.78 Å². The number of hydrogen-bond donors (Lipinski definition) is 0. The summed E-state index contributed by atoms with van der Waals surface area (Å²) in [5.41, 5.74) is 8.62. The molecule has 3 aromatic rings. The first kappa shape index (κ1) is 14.2. The molecule has 0 fully saturated rings. The second kappa shape index (κ2) is 5.06. The van der Waals surface area contributed by atoms with Crippen molar-refractivity contribution in [3.8, 4) is 11.1 Å². The van der Waals surface area contributed by atoms with Crippen molar-refractivity contribution < 1.29 is 4.79 Å². The third-order valence-corrected chi connectivity index (χ3v) is 4.99. The molecule has 114 valence electrons. The van der Waals surface area contributed by atoms with E-state index in [1.54, 1.807) is 0 Å². The van der Waals surface area contributed by atoms with Gasteiger partial charge in [-0.05, 0) is 71.8 Å². The molecule has 1 aliphatic carbocycles. The molecule has 0 amide bonds. The predicted octanol–water partition coefficient (Wildman–Crippen LogP) is 5.56. The number of Topliss-reactive ketones (excluding diaryl/α,β-unsaturated/α-hetero) is 1. The zero-order chi connectivity index (χ0) is 16.1. The van der Waals surface area contributed by atoms with Gasteiger partial charge in [-0.1, -0.05) is 42.0 Å². The lowest BCUT2D eigenvalue weighted by Gasteiger charge is -2.18. The van der Waals surface area contributed by atoms with Crippen molar-refractivity contribution in [3.63, 3.8) is 0 Å². The largest absolute Gasteiger partial charge is 0.294 e. The summed E-state index contributed by atoms with van der Waals surface area (Å²) in [5.74, 6) is 0.287. The Hall–Kier alpha value is -2.41. The van der Waals surface area contributed by atoms with Crippen molar-refractivity contribution in [1.29, 1.82) is 0 Å². The molecule has 0 radical (unpaired) electrons.